The standard InChI is InChI=1S/C14H14BrN3O5/c1-22-14(19)9-4-11-10(13(12(9)15)18(20)21)5-16-17(11)6-8-2-3-23-7-8/h4-5,8H,2-3,6-7H2,1H3. The Hall–Kier alpha value is -2.00. The summed E-state index contributed by atoms with van der Waals surface area (Å²) < 4.78 is 11.8. The molecule has 1 aromatic carbocycles. The molecule has 2 heterocycles. The van der Waals surface area contributed by atoms with Crippen LogP contribution in [-0.4, -0.2) is 41.0 Å². The van der Waals surface area contributed by atoms with E-state index in [4.69, 9.17) is 9.47 Å². The molecule has 0 aliphatic carbocycles. The number of benzene rings is 1. The smallest absolute Gasteiger partial charge is 0.339 e. The van der Waals surface area contributed by atoms with Crippen molar-refractivity contribution in [1.29, 1.82) is 0 Å². The molecule has 23 heavy (non-hydrogen) atoms. The number of rotatable bonds is 4. The summed E-state index contributed by atoms with van der Waals surface area (Å²) in [5.74, 6) is -0.332. The lowest BCUT2D eigenvalue weighted by molar-refractivity contribution is -0.383. The van der Waals surface area contributed by atoms with Crippen LogP contribution < -0.4 is 0 Å². The fraction of sp³-hybridized carbons (Fsp3) is 0.429. The molecule has 1 aliphatic rings. The van der Waals surface area contributed by atoms with Crippen molar-refractivity contribution in [2.75, 3.05) is 20.3 Å². The molecule has 1 aliphatic heterocycles. The number of nitro benzene ring substituents is 1. The number of carbonyl (C=O) groups is 1. The molecule has 0 amide bonds. The average molecular weight is 384 g/mol. The number of methoxy groups -OCH3 is 1. The molecular formula is C14H14BrN3O5. The first kappa shape index (κ1) is 15.9. The molecule has 0 saturated carbocycles. The molecule has 0 spiro atoms. The normalized spacial score (nSPS) is 17.6. The van der Waals surface area contributed by atoms with Gasteiger partial charge in [0.15, 0.2) is 0 Å². The average Bonchev–Trinajstić information content (AvgIpc) is 3.16. The second-order valence-electron chi connectivity index (χ2n) is 5.32. The second-order valence-corrected chi connectivity index (χ2v) is 6.12. The number of nitro groups is 1. The van der Waals surface area contributed by atoms with Gasteiger partial charge in [-0.25, -0.2) is 4.79 Å². The van der Waals surface area contributed by atoms with Gasteiger partial charge in [-0.05, 0) is 28.4 Å². The maximum atomic E-state index is 11.9. The molecule has 1 aromatic heterocycles. The van der Waals surface area contributed by atoms with Crippen molar-refractivity contribution in [3.63, 3.8) is 0 Å². The number of hydrogen-bond donors (Lipinski definition) is 0. The van der Waals surface area contributed by atoms with Gasteiger partial charge >= 0.3 is 5.97 Å². The van der Waals surface area contributed by atoms with E-state index in [1.165, 1.54) is 13.3 Å². The van der Waals surface area contributed by atoms with Gasteiger partial charge in [-0.1, -0.05) is 0 Å². The highest BCUT2D eigenvalue weighted by molar-refractivity contribution is 9.10. The van der Waals surface area contributed by atoms with E-state index in [-0.39, 0.29) is 15.7 Å². The van der Waals surface area contributed by atoms with Gasteiger partial charge in [0.25, 0.3) is 5.69 Å². The van der Waals surface area contributed by atoms with E-state index in [2.05, 4.69) is 21.0 Å². The summed E-state index contributed by atoms with van der Waals surface area (Å²) in [7, 11) is 1.23. The summed E-state index contributed by atoms with van der Waals surface area (Å²) in [4.78, 5) is 22.8. The van der Waals surface area contributed by atoms with Crippen LogP contribution in [-0.2, 0) is 16.0 Å². The van der Waals surface area contributed by atoms with Gasteiger partial charge in [0.05, 0.1) is 41.3 Å². The third-order valence-corrected chi connectivity index (χ3v) is 4.71. The van der Waals surface area contributed by atoms with Gasteiger partial charge in [0.1, 0.15) is 4.47 Å². The van der Waals surface area contributed by atoms with Gasteiger partial charge in [0, 0.05) is 19.1 Å². The van der Waals surface area contributed by atoms with Crippen LogP contribution in [0.3, 0.4) is 0 Å². The van der Waals surface area contributed by atoms with Crippen LogP contribution in [0.15, 0.2) is 16.7 Å². The van der Waals surface area contributed by atoms with Crippen molar-refractivity contribution in [1.82, 2.24) is 9.78 Å². The van der Waals surface area contributed by atoms with E-state index < -0.39 is 10.9 Å². The highest BCUT2D eigenvalue weighted by Gasteiger charge is 2.27. The minimum atomic E-state index is -0.640. The minimum absolute atomic E-state index is 0.102. The number of carbonyl (C=O) groups excluding carboxylic acids is 1. The number of esters is 1. The Kier molecular flexibility index (Phi) is 4.31. The summed E-state index contributed by atoms with van der Waals surface area (Å²) in [6.07, 6.45) is 2.37. The number of hydrogen-bond acceptors (Lipinski definition) is 6. The monoisotopic (exact) mass is 383 g/mol. The zero-order valence-corrected chi connectivity index (χ0v) is 13.9. The van der Waals surface area contributed by atoms with E-state index in [0.29, 0.717) is 36.6 Å². The van der Waals surface area contributed by atoms with Crippen molar-refractivity contribution < 1.29 is 19.2 Å². The molecule has 8 nitrogen and oxygen atoms in total. The Bertz CT molecular complexity index is 782. The molecular weight excluding hydrogens is 370 g/mol. The lowest BCUT2D eigenvalue weighted by atomic mass is 10.1. The van der Waals surface area contributed by atoms with E-state index >= 15 is 0 Å². The largest absolute Gasteiger partial charge is 0.465 e. The van der Waals surface area contributed by atoms with E-state index in [0.717, 1.165) is 6.42 Å². The number of fused-ring (bicyclic) bond motifs is 1. The van der Waals surface area contributed by atoms with Crippen LogP contribution >= 0.6 is 15.9 Å². The van der Waals surface area contributed by atoms with Gasteiger partial charge in [-0.2, -0.15) is 5.10 Å². The Labute approximate surface area is 139 Å². The number of halogens is 1. The third-order valence-electron chi connectivity index (χ3n) is 3.90. The summed E-state index contributed by atoms with van der Waals surface area (Å²) in [6.45, 7) is 1.94. The first-order valence-electron chi connectivity index (χ1n) is 7.01. The lowest BCUT2D eigenvalue weighted by Gasteiger charge is -2.10. The highest BCUT2D eigenvalue weighted by Crippen LogP contribution is 2.37. The van der Waals surface area contributed by atoms with E-state index in [1.54, 1.807) is 10.7 Å². The summed E-state index contributed by atoms with van der Waals surface area (Å²) in [5.41, 5.74) is 0.458. The number of aromatic nitrogens is 2. The summed E-state index contributed by atoms with van der Waals surface area (Å²) in [6, 6.07) is 1.57. The van der Waals surface area contributed by atoms with Crippen molar-refractivity contribution in [3.8, 4) is 0 Å². The van der Waals surface area contributed by atoms with Crippen LogP contribution in [0.5, 0.6) is 0 Å². The SMILES string of the molecule is COC(=O)c1cc2c(cnn2CC2CCOC2)c([N+](=O)[O-])c1Br. The molecule has 0 radical (unpaired) electrons. The zero-order chi connectivity index (χ0) is 16.6. The molecule has 1 atom stereocenters. The number of ether oxygens (including phenoxy) is 2. The Morgan fingerprint density at radius 3 is 3.04 bits per heavy atom. The fourth-order valence-electron chi connectivity index (χ4n) is 2.73. The van der Waals surface area contributed by atoms with Crippen molar-refractivity contribution in [3.05, 3.63) is 32.4 Å². The lowest BCUT2D eigenvalue weighted by Crippen LogP contribution is -2.12. The van der Waals surface area contributed by atoms with Crippen LogP contribution in [0.25, 0.3) is 10.9 Å². The van der Waals surface area contributed by atoms with Crippen molar-refractivity contribution >= 4 is 38.5 Å². The second kappa shape index (κ2) is 6.25. The predicted octanol–water partition coefficient (Wildman–Crippen LogP) is 2.53. The van der Waals surface area contributed by atoms with Gasteiger partial charge < -0.3 is 9.47 Å². The third kappa shape index (κ3) is 2.81. The van der Waals surface area contributed by atoms with E-state index in [9.17, 15) is 14.9 Å². The summed E-state index contributed by atoms with van der Waals surface area (Å²) in [5, 5.41) is 16.1. The molecule has 1 fully saturated rings. The molecule has 2 aromatic rings. The van der Waals surface area contributed by atoms with Crippen molar-refractivity contribution in [2.45, 2.75) is 13.0 Å². The first-order chi connectivity index (χ1) is 11.0. The molecule has 122 valence electrons. The van der Waals surface area contributed by atoms with Crippen LogP contribution in [0.1, 0.15) is 16.8 Å². The number of nitrogens with zero attached hydrogens (tertiary/aromatic N) is 3. The van der Waals surface area contributed by atoms with Crippen LogP contribution in [0, 0.1) is 16.0 Å². The highest BCUT2D eigenvalue weighted by atomic mass is 79.9. The van der Waals surface area contributed by atoms with Gasteiger partial charge in [-0.3, -0.25) is 14.8 Å². The molecule has 1 unspecified atom stereocenters. The molecule has 0 N–H and O–H groups in total. The van der Waals surface area contributed by atoms with Crippen molar-refractivity contribution in [2.24, 2.45) is 5.92 Å². The topological polar surface area (TPSA) is 96.5 Å². The Balaban J connectivity index is 2.15. The molecule has 9 heteroatoms. The van der Waals surface area contributed by atoms with Crippen LogP contribution in [0.4, 0.5) is 5.69 Å². The molecule has 0 bridgehead atoms. The molecule has 3 rings (SSSR count). The quantitative estimate of drug-likeness (QED) is 0.457. The van der Waals surface area contributed by atoms with Gasteiger partial charge in [0.2, 0.25) is 0 Å². The zero-order valence-electron chi connectivity index (χ0n) is 12.3. The maximum Gasteiger partial charge on any atom is 0.339 e. The first-order valence-corrected chi connectivity index (χ1v) is 7.80. The van der Waals surface area contributed by atoms with Crippen LogP contribution in [0.2, 0.25) is 0 Å². The summed E-state index contributed by atoms with van der Waals surface area (Å²) >= 11 is 3.14. The van der Waals surface area contributed by atoms with Gasteiger partial charge in [-0.15, -0.1) is 0 Å². The molecule has 1 saturated heterocycles. The minimum Gasteiger partial charge on any atom is -0.465 e. The van der Waals surface area contributed by atoms with E-state index in [1.807, 2.05) is 0 Å². The fourth-order valence-corrected chi connectivity index (χ4v) is 3.36. The Morgan fingerprint density at radius 1 is 1.65 bits per heavy atom. The predicted molar refractivity (Wildman–Crippen MR) is 84.4 cm³/mol. The Morgan fingerprint density at radius 2 is 2.43 bits per heavy atom. The maximum absolute atomic E-state index is 11.9.